The maximum absolute atomic E-state index is 12.6. The molecule has 1 aliphatic carbocycles. The Balaban J connectivity index is 1.32. The van der Waals surface area contributed by atoms with Gasteiger partial charge in [0.25, 0.3) is 0 Å². The smallest absolute Gasteiger partial charge is 0.236 e. The molecule has 1 aromatic rings. The molecule has 1 saturated carbocycles. The number of hydrogen-bond acceptors (Lipinski definition) is 4. The quantitative estimate of drug-likeness (QED) is 0.713. The number of carbonyl (C=O) groups excluding carboxylic acids is 1. The summed E-state index contributed by atoms with van der Waals surface area (Å²) in [6, 6.07) is 7.94. The molecule has 1 amide bonds. The minimum atomic E-state index is 0.279. The second kappa shape index (κ2) is 10.3. The van der Waals surface area contributed by atoms with Gasteiger partial charge in [-0.2, -0.15) is 0 Å². The zero-order valence-corrected chi connectivity index (χ0v) is 17.2. The third kappa shape index (κ3) is 6.37. The first kappa shape index (κ1) is 20.4. The lowest BCUT2D eigenvalue weighted by atomic mass is 9.94. The van der Waals surface area contributed by atoms with Crippen LogP contribution in [0.4, 0.5) is 0 Å². The van der Waals surface area contributed by atoms with E-state index >= 15 is 0 Å². The van der Waals surface area contributed by atoms with E-state index in [9.17, 15) is 4.79 Å². The lowest BCUT2D eigenvalue weighted by Gasteiger charge is -2.36. The normalized spacial score (nSPS) is 19.8. The molecule has 0 aromatic heterocycles. The highest BCUT2D eigenvalue weighted by Gasteiger charge is 2.25. The van der Waals surface area contributed by atoms with Crippen molar-refractivity contribution in [1.29, 1.82) is 0 Å². The molecule has 0 atom stereocenters. The summed E-state index contributed by atoms with van der Waals surface area (Å²) in [5, 5.41) is 0.724. The predicted octanol–water partition coefficient (Wildman–Crippen LogP) is 3.13. The number of rotatable bonds is 7. The van der Waals surface area contributed by atoms with E-state index < -0.39 is 0 Å². The van der Waals surface area contributed by atoms with Crippen molar-refractivity contribution in [2.24, 2.45) is 0 Å². The Morgan fingerprint density at radius 2 is 1.70 bits per heavy atom. The van der Waals surface area contributed by atoms with Gasteiger partial charge in [-0.25, -0.2) is 0 Å². The highest BCUT2D eigenvalue weighted by molar-refractivity contribution is 6.30. The van der Waals surface area contributed by atoms with Gasteiger partial charge < -0.3 is 9.64 Å². The summed E-state index contributed by atoms with van der Waals surface area (Å²) in [7, 11) is 1.99. The highest BCUT2D eigenvalue weighted by Crippen LogP contribution is 2.22. The van der Waals surface area contributed by atoms with E-state index in [4.69, 9.17) is 16.3 Å². The second-order valence-corrected chi connectivity index (χ2v) is 8.15. The van der Waals surface area contributed by atoms with Crippen LogP contribution in [0.15, 0.2) is 24.3 Å². The molecule has 1 heterocycles. The van der Waals surface area contributed by atoms with Gasteiger partial charge in [0.05, 0.1) is 6.54 Å². The third-order valence-electron chi connectivity index (χ3n) is 5.83. The first-order valence-electron chi connectivity index (χ1n) is 10.2. The molecule has 5 nitrogen and oxygen atoms in total. The highest BCUT2D eigenvalue weighted by atomic mass is 35.5. The van der Waals surface area contributed by atoms with E-state index in [0.29, 0.717) is 19.2 Å². The monoisotopic (exact) mass is 393 g/mol. The molecule has 6 heteroatoms. The van der Waals surface area contributed by atoms with Crippen molar-refractivity contribution in [2.75, 3.05) is 52.9 Å². The fourth-order valence-electron chi connectivity index (χ4n) is 3.97. The zero-order chi connectivity index (χ0) is 19.1. The SMILES string of the molecule is CN(C(=O)CN1CCN(CCOc2ccc(Cl)cc2)CC1)C1CCCCC1. The number of carbonyl (C=O) groups is 1. The minimum absolute atomic E-state index is 0.279. The zero-order valence-electron chi connectivity index (χ0n) is 16.4. The number of ether oxygens (including phenoxy) is 1. The number of benzene rings is 1. The van der Waals surface area contributed by atoms with Gasteiger partial charge in [0.2, 0.25) is 5.91 Å². The van der Waals surface area contributed by atoms with Crippen molar-refractivity contribution in [3.8, 4) is 5.75 Å². The molecule has 150 valence electrons. The van der Waals surface area contributed by atoms with Crippen LogP contribution in [0.25, 0.3) is 0 Å². The van der Waals surface area contributed by atoms with Crippen LogP contribution in [0, 0.1) is 0 Å². The van der Waals surface area contributed by atoms with Gasteiger partial charge in [-0.1, -0.05) is 30.9 Å². The molecule has 2 aliphatic rings. The molecule has 1 aliphatic heterocycles. The van der Waals surface area contributed by atoms with E-state index in [1.165, 1.54) is 32.1 Å². The number of likely N-dealkylation sites (N-methyl/N-ethyl adjacent to an activating group) is 1. The van der Waals surface area contributed by atoms with Crippen LogP contribution in [0.3, 0.4) is 0 Å². The van der Waals surface area contributed by atoms with Crippen molar-refractivity contribution in [2.45, 2.75) is 38.1 Å². The van der Waals surface area contributed by atoms with E-state index in [1.54, 1.807) is 0 Å². The van der Waals surface area contributed by atoms with E-state index in [1.807, 2.05) is 36.2 Å². The summed E-state index contributed by atoms with van der Waals surface area (Å²) in [6.45, 7) is 6.02. The van der Waals surface area contributed by atoms with Gasteiger partial charge in [0.1, 0.15) is 12.4 Å². The largest absolute Gasteiger partial charge is 0.492 e. The molecule has 2 fully saturated rings. The Hall–Kier alpha value is -1.30. The van der Waals surface area contributed by atoms with Crippen LogP contribution >= 0.6 is 11.6 Å². The predicted molar refractivity (Wildman–Crippen MR) is 109 cm³/mol. The van der Waals surface area contributed by atoms with E-state index in [-0.39, 0.29) is 5.91 Å². The van der Waals surface area contributed by atoms with Crippen LogP contribution in [-0.4, -0.2) is 79.6 Å². The molecule has 0 bridgehead atoms. The van der Waals surface area contributed by atoms with Crippen molar-refractivity contribution < 1.29 is 9.53 Å². The van der Waals surface area contributed by atoms with Crippen LogP contribution < -0.4 is 4.74 Å². The first-order chi connectivity index (χ1) is 13.1. The maximum atomic E-state index is 12.6. The van der Waals surface area contributed by atoms with Gasteiger partial charge >= 0.3 is 0 Å². The summed E-state index contributed by atoms with van der Waals surface area (Å²) in [6.07, 6.45) is 6.19. The summed E-state index contributed by atoms with van der Waals surface area (Å²) >= 11 is 5.89. The topological polar surface area (TPSA) is 36.0 Å². The van der Waals surface area contributed by atoms with Crippen LogP contribution in [0.2, 0.25) is 5.02 Å². The van der Waals surface area contributed by atoms with E-state index in [2.05, 4.69) is 9.80 Å². The Labute approximate surface area is 168 Å². The third-order valence-corrected chi connectivity index (χ3v) is 6.08. The van der Waals surface area contributed by atoms with Gasteiger partial charge in [-0.3, -0.25) is 14.6 Å². The Kier molecular flexibility index (Phi) is 7.80. The number of hydrogen-bond donors (Lipinski definition) is 0. The van der Waals surface area contributed by atoms with Crippen LogP contribution in [0.5, 0.6) is 5.75 Å². The van der Waals surface area contributed by atoms with Crippen LogP contribution in [0.1, 0.15) is 32.1 Å². The van der Waals surface area contributed by atoms with Gasteiger partial charge in [-0.15, -0.1) is 0 Å². The molecule has 27 heavy (non-hydrogen) atoms. The minimum Gasteiger partial charge on any atom is -0.492 e. The number of amides is 1. The summed E-state index contributed by atoms with van der Waals surface area (Å²) < 4.78 is 5.78. The number of halogens is 1. The average Bonchev–Trinajstić information content (AvgIpc) is 2.71. The molecule has 0 N–H and O–H groups in total. The standard InChI is InChI=1S/C21H32ClN3O2/c1-23(19-5-3-2-4-6-19)21(26)17-25-13-11-24(12-14-25)15-16-27-20-9-7-18(22)8-10-20/h7-10,19H,2-6,11-17H2,1H3. The molecular weight excluding hydrogens is 362 g/mol. The Bertz CT molecular complexity index is 582. The maximum Gasteiger partial charge on any atom is 0.236 e. The van der Waals surface area contributed by atoms with Crippen molar-refractivity contribution in [3.05, 3.63) is 29.3 Å². The first-order valence-corrected chi connectivity index (χ1v) is 10.6. The van der Waals surface area contributed by atoms with Gasteiger partial charge in [0.15, 0.2) is 0 Å². The van der Waals surface area contributed by atoms with Gasteiger partial charge in [0, 0.05) is 50.8 Å². The number of nitrogens with zero attached hydrogens (tertiary/aromatic N) is 3. The molecule has 3 rings (SSSR count). The van der Waals surface area contributed by atoms with Crippen molar-refractivity contribution in [3.63, 3.8) is 0 Å². The summed E-state index contributed by atoms with van der Waals surface area (Å²) in [4.78, 5) is 19.3. The second-order valence-electron chi connectivity index (χ2n) is 7.72. The molecule has 1 saturated heterocycles. The fraction of sp³-hybridized carbons (Fsp3) is 0.667. The fourth-order valence-corrected chi connectivity index (χ4v) is 4.10. The summed E-state index contributed by atoms with van der Waals surface area (Å²) in [5.74, 6) is 1.14. The number of piperazine rings is 1. The van der Waals surface area contributed by atoms with Crippen LogP contribution in [-0.2, 0) is 4.79 Å². The summed E-state index contributed by atoms with van der Waals surface area (Å²) in [5.41, 5.74) is 0. The molecule has 0 unspecified atom stereocenters. The lowest BCUT2D eigenvalue weighted by Crippen LogP contribution is -2.51. The van der Waals surface area contributed by atoms with Gasteiger partial charge in [-0.05, 0) is 37.1 Å². The van der Waals surface area contributed by atoms with Crippen molar-refractivity contribution >= 4 is 17.5 Å². The Morgan fingerprint density at radius 1 is 1.07 bits per heavy atom. The lowest BCUT2D eigenvalue weighted by molar-refractivity contribution is -0.134. The van der Waals surface area contributed by atoms with Crippen molar-refractivity contribution in [1.82, 2.24) is 14.7 Å². The molecular formula is C21H32ClN3O2. The molecule has 0 spiro atoms. The molecule has 1 aromatic carbocycles. The Morgan fingerprint density at radius 3 is 2.37 bits per heavy atom. The molecule has 0 radical (unpaired) electrons. The average molecular weight is 394 g/mol. The van der Waals surface area contributed by atoms with E-state index in [0.717, 1.165) is 43.5 Å².